The van der Waals surface area contributed by atoms with Crippen LogP contribution < -0.4 is 30.2 Å². The standard InChI is InChI=1S/C28H28O3Si2/c1-21-15-17-23(29-3)19-27(21)32(25-11-7-5-8-12-25)31-33(26-13-9-6-10-14-26)28-20-24(30-4)18-16-22(28)2/h5-20H,1-4H3. The van der Waals surface area contributed by atoms with E-state index < -0.39 is 18.1 Å². The Morgan fingerprint density at radius 1 is 0.515 bits per heavy atom. The van der Waals surface area contributed by atoms with Crippen molar-refractivity contribution in [1.29, 1.82) is 0 Å². The van der Waals surface area contributed by atoms with E-state index in [9.17, 15) is 0 Å². The van der Waals surface area contributed by atoms with Crippen LogP contribution in [-0.4, -0.2) is 32.3 Å². The molecule has 0 atom stereocenters. The molecule has 0 heterocycles. The van der Waals surface area contributed by atoms with E-state index in [0.29, 0.717) is 0 Å². The zero-order valence-corrected chi connectivity index (χ0v) is 21.5. The van der Waals surface area contributed by atoms with E-state index in [4.69, 9.17) is 13.6 Å². The Bertz CT molecular complexity index is 1100. The SMILES string of the molecule is COc1ccc(C)c([Si](O[Si](c2ccccc2)c2cc(OC)ccc2C)c2ccccc2)c1. The quantitative estimate of drug-likeness (QED) is 0.372. The van der Waals surface area contributed by atoms with Gasteiger partial charge in [0, 0.05) is 0 Å². The molecule has 0 aliphatic rings. The number of methoxy groups -OCH3 is 2. The molecule has 3 nitrogen and oxygen atoms in total. The summed E-state index contributed by atoms with van der Waals surface area (Å²) in [6.07, 6.45) is 0. The lowest BCUT2D eigenvalue weighted by Gasteiger charge is -2.26. The first-order valence-electron chi connectivity index (χ1n) is 10.9. The molecule has 0 aliphatic heterocycles. The molecule has 0 saturated carbocycles. The largest absolute Gasteiger partial charge is 0.497 e. The summed E-state index contributed by atoms with van der Waals surface area (Å²) in [7, 11) is 0.291. The summed E-state index contributed by atoms with van der Waals surface area (Å²) in [4.78, 5) is 0. The third-order valence-corrected chi connectivity index (χ3v) is 11.1. The molecule has 0 saturated heterocycles. The first-order valence-corrected chi connectivity index (χ1v) is 13.7. The molecular weight excluding hydrogens is 440 g/mol. The van der Waals surface area contributed by atoms with Crippen LogP contribution >= 0.6 is 0 Å². The number of hydrogen-bond acceptors (Lipinski definition) is 3. The van der Waals surface area contributed by atoms with Gasteiger partial charge in [0.1, 0.15) is 11.5 Å². The van der Waals surface area contributed by atoms with Crippen molar-refractivity contribution in [2.75, 3.05) is 14.2 Å². The molecule has 0 aliphatic carbocycles. The average Bonchev–Trinajstić information content (AvgIpc) is 2.87. The summed E-state index contributed by atoms with van der Waals surface area (Å²) in [6, 6.07) is 33.7. The maximum absolute atomic E-state index is 7.25. The maximum atomic E-state index is 7.25. The Hall–Kier alpha value is -3.13. The Morgan fingerprint density at radius 3 is 1.27 bits per heavy atom. The van der Waals surface area contributed by atoms with E-state index >= 15 is 0 Å². The van der Waals surface area contributed by atoms with Crippen molar-refractivity contribution in [2.45, 2.75) is 13.8 Å². The minimum atomic E-state index is -1.57. The molecule has 0 spiro atoms. The van der Waals surface area contributed by atoms with Crippen LogP contribution in [0.1, 0.15) is 11.1 Å². The fourth-order valence-electron chi connectivity index (χ4n) is 3.77. The van der Waals surface area contributed by atoms with Crippen LogP contribution in [0.4, 0.5) is 0 Å². The molecule has 5 heteroatoms. The molecule has 0 bridgehead atoms. The third kappa shape index (κ3) is 5.27. The van der Waals surface area contributed by atoms with E-state index in [1.54, 1.807) is 14.2 Å². The second-order valence-corrected chi connectivity index (χ2v) is 12.2. The molecular formula is C28H28O3Si2. The molecule has 4 aromatic rings. The number of ether oxygens (including phenoxy) is 2. The van der Waals surface area contributed by atoms with Crippen molar-refractivity contribution in [3.8, 4) is 11.5 Å². The van der Waals surface area contributed by atoms with Crippen molar-refractivity contribution >= 4 is 38.8 Å². The summed E-state index contributed by atoms with van der Waals surface area (Å²) >= 11 is 0. The number of rotatable bonds is 8. The van der Waals surface area contributed by atoms with Gasteiger partial charge < -0.3 is 13.6 Å². The second kappa shape index (κ2) is 10.7. The molecule has 0 N–H and O–H groups in total. The summed E-state index contributed by atoms with van der Waals surface area (Å²) in [5.74, 6) is 1.70. The predicted octanol–water partition coefficient (Wildman–Crippen LogP) is 3.25. The highest BCUT2D eigenvalue weighted by Gasteiger charge is 2.30. The van der Waals surface area contributed by atoms with Crippen LogP contribution in [0.15, 0.2) is 97.1 Å². The predicted molar refractivity (Wildman–Crippen MR) is 139 cm³/mol. The fraction of sp³-hybridized carbons (Fsp3) is 0.143. The lowest BCUT2D eigenvalue weighted by Crippen LogP contribution is -2.57. The van der Waals surface area contributed by atoms with Gasteiger partial charge in [0.05, 0.1) is 14.2 Å². The van der Waals surface area contributed by atoms with Gasteiger partial charge in [0.25, 0.3) is 18.1 Å². The highest BCUT2D eigenvalue weighted by molar-refractivity contribution is 6.92. The smallest absolute Gasteiger partial charge is 0.272 e. The van der Waals surface area contributed by atoms with Crippen molar-refractivity contribution in [3.05, 3.63) is 108 Å². The van der Waals surface area contributed by atoms with Gasteiger partial charge in [-0.2, -0.15) is 0 Å². The molecule has 2 radical (unpaired) electrons. The van der Waals surface area contributed by atoms with E-state index in [2.05, 4.69) is 98.8 Å². The number of benzene rings is 4. The van der Waals surface area contributed by atoms with Gasteiger partial charge in [0.15, 0.2) is 0 Å². The van der Waals surface area contributed by atoms with Gasteiger partial charge in [-0.3, -0.25) is 0 Å². The Labute approximate surface area is 200 Å². The lowest BCUT2D eigenvalue weighted by atomic mass is 10.2. The van der Waals surface area contributed by atoms with Gasteiger partial charge in [-0.1, -0.05) is 72.8 Å². The highest BCUT2D eigenvalue weighted by Crippen LogP contribution is 2.14. The zero-order chi connectivity index (χ0) is 23.2. The minimum absolute atomic E-state index is 0.851. The lowest BCUT2D eigenvalue weighted by molar-refractivity contribution is 0.415. The van der Waals surface area contributed by atoms with Gasteiger partial charge in [0.2, 0.25) is 0 Å². The van der Waals surface area contributed by atoms with Crippen LogP contribution in [-0.2, 0) is 4.12 Å². The molecule has 0 amide bonds. The first kappa shape index (κ1) is 23.0. The maximum Gasteiger partial charge on any atom is 0.272 e. The third-order valence-electron chi connectivity index (χ3n) is 5.65. The van der Waals surface area contributed by atoms with Crippen molar-refractivity contribution in [3.63, 3.8) is 0 Å². The van der Waals surface area contributed by atoms with Crippen LogP contribution in [0.3, 0.4) is 0 Å². The van der Waals surface area contributed by atoms with E-state index in [-0.39, 0.29) is 0 Å². The molecule has 0 aromatic heterocycles. The monoisotopic (exact) mass is 468 g/mol. The summed E-state index contributed by atoms with van der Waals surface area (Å²) in [6.45, 7) is 4.30. The zero-order valence-electron chi connectivity index (χ0n) is 19.5. The van der Waals surface area contributed by atoms with Crippen LogP contribution in [0.5, 0.6) is 11.5 Å². The molecule has 166 valence electrons. The minimum Gasteiger partial charge on any atom is -0.497 e. The Morgan fingerprint density at radius 2 is 0.909 bits per heavy atom. The van der Waals surface area contributed by atoms with Gasteiger partial charge >= 0.3 is 0 Å². The van der Waals surface area contributed by atoms with Gasteiger partial charge in [-0.15, -0.1) is 0 Å². The fourth-order valence-corrected chi connectivity index (χ4v) is 9.45. The number of hydrogen-bond donors (Lipinski definition) is 0. The van der Waals surface area contributed by atoms with Crippen molar-refractivity contribution in [2.24, 2.45) is 0 Å². The molecule has 4 aromatic carbocycles. The van der Waals surface area contributed by atoms with E-state index in [1.807, 2.05) is 12.1 Å². The topological polar surface area (TPSA) is 27.7 Å². The van der Waals surface area contributed by atoms with E-state index in [0.717, 1.165) is 11.5 Å². The van der Waals surface area contributed by atoms with Crippen molar-refractivity contribution in [1.82, 2.24) is 0 Å². The summed E-state index contributed by atoms with van der Waals surface area (Å²) in [5.41, 5.74) is 2.43. The van der Waals surface area contributed by atoms with Crippen LogP contribution in [0, 0.1) is 13.8 Å². The molecule has 0 fully saturated rings. The number of aryl methyl sites for hydroxylation is 2. The van der Waals surface area contributed by atoms with E-state index in [1.165, 1.54) is 31.9 Å². The van der Waals surface area contributed by atoms with Crippen LogP contribution in [0.2, 0.25) is 0 Å². The summed E-state index contributed by atoms with van der Waals surface area (Å²) in [5, 5.41) is 4.87. The summed E-state index contributed by atoms with van der Waals surface area (Å²) < 4.78 is 18.4. The molecule has 0 unspecified atom stereocenters. The normalized spacial score (nSPS) is 11.1. The van der Waals surface area contributed by atoms with Gasteiger partial charge in [-0.05, 0) is 70.0 Å². The highest BCUT2D eigenvalue weighted by atomic mass is 28.4. The van der Waals surface area contributed by atoms with Crippen LogP contribution in [0.25, 0.3) is 0 Å². The molecule has 4 rings (SSSR count). The Kier molecular flexibility index (Phi) is 7.44. The first-order chi connectivity index (χ1) is 16.1. The van der Waals surface area contributed by atoms with Crippen molar-refractivity contribution < 1.29 is 13.6 Å². The Balaban J connectivity index is 1.87. The average molecular weight is 469 g/mol. The second-order valence-electron chi connectivity index (χ2n) is 7.85. The molecule has 33 heavy (non-hydrogen) atoms. The van der Waals surface area contributed by atoms with Gasteiger partial charge in [-0.25, -0.2) is 0 Å².